The van der Waals surface area contributed by atoms with Gasteiger partial charge in [0.05, 0.1) is 0 Å². The molecular weight excluding hydrogens is 210 g/mol. The van der Waals surface area contributed by atoms with Crippen molar-refractivity contribution in [1.29, 1.82) is 0 Å². The lowest BCUT2D eigenvalue weighted by molar-refractivity contribution is -0.119. The van der Waals surface area contributed by atoms with Gasteiger partial charge in [0, 0.05) is 17.9 Å². The van der Waals surface area contributed by atoms with E-state index in [-0.39, 0.29) is 0 Å². The van der Waals surface area contributed by atoms with Crippen molar-refractivity contribution < 1.29 is 4.79 Å². The molecule has 0 radical (unpaired) electrons. The fourth-order valence-electron chi connectivity index (χ4n) is 1.72. The van der Waals surface area contributed by atoms with Gasteiger partial charge in [-0.15, -0.1) is 0 Å². The third kappa shape index (κ3) is 3.05. The van der Waals surface area contributed by atoms with Crippen LogP contribution in [0.15, 0.2) is 24.3 Å². The lowest BCUT2D eigenvalue weighted by Crippen LogP contribution is -2.43. The topological polar surface area (TPSA) is 29.1 Å². The van der Waals surface area contributed by atoms with E-state index in [0.29, 0.717) is 24.5 Å². The normalized spacial score (nSPS) is 16.1. The zero-order valence-electron chi connectivity index (χ0n) is 8.50. The molecule has 3 heteroatoms. The van der Waals surface area contributed by atoms with E-state index in [1.54, 1.807) is 0 Å². The van der Waals surface area contributed by atoms with Gasteiger partial charge in [0.15, 0.2) is 0 Å². The molecule has 1 heterocycles. The summed E-state index contributed by atoms with van der Waals surface area (Å²) in [4.78, 5) is 11.6. The van der Waals surface area contributed by atoms with E-state index < -0.39 is 0 Å². The molecule has 0 saturated carbocycles. The average molecular weight is 224 g/mol. The van der Waals surface area contributed by atoms with Gasteiger partial charge >= 0.3 is 0 Å². The molecule has 0 bridgehead atoms. The van der Waals surface area contributed by atoms with Gasteiger partial charge in [-0.1, -0.05) is 23.7 Å². The van der Waals surface area contributed by atoms with Crippen molar-refractivity contribution in [3.8, 4) is 0 Å². The van der Waals surface area contributed by atoms with E-state index in [1.807, 2.05) is 24.3 Å². The number of rotatable bonds is 4. The van der Waals surface area contributed by atoms with Crippen LogP contribution >= 0.6 is 11.6 Å². The number of halogens is 1. The molecule has 1 N–H and O–H groups in total. The van der Waals surface area contributed by atoms with Gasteiger partial charge in [0.1, 0.15) is 5.78 Å². The lowest BCUT2D eigenvalue weighted by atomic mass is 9.94. The van der Waals surface area contributed by atoms with Crippen LogP contribution in [0.4, 0.5) is 0 Å². The largest absolute Gasteiger partial charge is 0.316 e. The third-order valence-electron chi connectivity index (χ3n) is 2.70. The molecule has 1 aromatic rings. The summed E-state index contributed by atoms with van der Waals surface area (Å²) in [6.07, 6.45) is 1.24. The zero-order chi connectivity index (χ0) is 10.7. The Labute approximate surface area is 94.6 Å². The summed E-state index contributed by atoms with van der Waals surface area (Å²) in [5.74, 6) is 0.883. The minimum atomic E-state index is 0.323. The number of Topliss-reactive ketones (excluding diaryl/α,β-unsaturated/α-hetero) is 1. The van der Waals surface area contributed by atoms with Gasteiger partial charge in [-0.2, -0.15) is 0 Å². The van der Waals surface area contributed by atoms with Crippen molar-refractivity contribution in [3.63, 3.8) is 0 Å². The highest BCUT2D eigenvalue weighted by molar-refractivity contribution is 6.30. The van der Waals surface area contributed by atoms with Crippen molar-refractivity contribution >= 4 is 17.4 Å². The van der Waals surface area contributed by atoms with Crippen molar-refractivity contribution in [2.24, 2.45) is 5.92 Å². The molecule has 1 fully saturated rings. The van der Waals surface area contributed by atoms with E-state index in [4.69, 9.17) is 11.6 Å². The summed E-state index contributed by atoms with van der Waals surface area (Å²) in [7, 11) is 0. The molecule has 1 aliphatic rings. The number of hydrogen-bond donors (Lipinski definition) is 1. The molecule has 2 nitrogen and oxygen atoms in total. The fourth-order valence-corrected chi connectivity index (χ4v) is 1.84. The lowest BCUT2D eigenvalue weighted by Gasteiger charge is -2.26. The predicted octanol–water partition coefficient (Wildman–Crippen LogP) is 2.06. The van der Waals surface area contributed by atoms with Gasteiger partial charge in [-0.05, 0) is 36.7 Å². The van der Waals surface area contributed by atoms with Gasteiger partial charge in [0.2, 0.25) is 0 Å². The fraction of sp³-hybridized carbons (Fsp3) is 0.417. The quantitative estimate of drug-likeness (QED) is 0.847. The van der Waals surface area contributed by atoms with Crippen molar-refractivity contribution in [3.05, 3.63) is 34.9 Å². The molecule has 1 aliphatic heterocycles. The summed E-state index contributed by atoms with van der Waals surface area (Å²) < 4.78 is 0. The molecule has 1 aromatic carbocycles. The van der Waals surface area contributed by atoms with Crippen LogP contribution in [-0.4, -0.2) is 18.9 Å². The molecular formula is C12H14ClNO. The van der Waals surface area contributed by atoms with Crippen molar-refractivity contribution in [2.45, 2.75) is 12.8 Å². The van der Waals surface area contributed by atoms with Crippen LogP contribution in [0.1, 0.15) is 12.0 Å². The number of ketones is 1. The zero-order valence-corrected chi connectivity index (χ0v) is 9.26. The molecule has 0 amide bonds. The van der Waals surface area contributed by atoms with Crippen LogP contribution < -0.4 is 5.32 Å². The molecule has 1 saturated heterocycles. The smallest absolute Gasteiger partial charge is 0.137 e. The van der Waals surface area contributed by atoms with Crippen LogP contribution in [-0.2, 0) is 11.2 Å². The summed E-state index contributed by atoms with van der Waals surface area (Å²) in [5.41, 5.74) is 1.05. The molecule has 0 aliphatic carbocycles. The second-order valence-electron chi connectivity index (χ2n) is 4.07. The van der Waals surface area contributed by atoms with Crippen molar-refractivity contribution in [2.75, 3.05) is 13.1 Å². The molecule has 0 unspecified atom stereocenters. The Bertz CT molecular complexity index is 343. The van der Waals surface area contributed by atoms with Gasteiger partial charge in [-0.25, -0.2) is 0 Å². The highest BCUT2D eigenvalue weighted by Crippen LogP contribution is 2.13. The predicted molar refractivity (Wildman–Crippen MR) is 61.1 cm³/mol. The molecule has 0 aromatic heterocycles. The SMILES string of the molecule is O=C(Cc1ccc(Cl)cc1)CC1CNC1. The summed E-state index contributed by atoms with van der Waals surface area (Å²) in [6.45, 7) is 1.98. The molecule has 80 valence electrons. The maximum Gasteiger partial charge on any atom is 0.137 e. The monoisotopic (exact) mass is 223 g/mol. The van der Waals surface area contributed by atoms with Gasteiger partial charge in [0.25, 0.3) is 0 Å². The molecule has 0 atom stereocenters. The molecule has 0 spiro atoms. The van der Waals surface area contributed by atoms with E-state index in [0.717, 1.165) is 23.7 Å². The summed E-state index contributed by atoms with van der Waals surface area (Å²) in [5, 5.41) is 3.89. The van der Waals surface area contributed by atoms with Crippen LogP contribution in [0.2, 0.25) is 5.02 Å². The number of hydrogen-bond acceptors (Lipinski definition) is 2. The standard InChI is InChI=1S/C12H14ClNO/c13-11-3-1-9(2-4-11)5-12(15)6-10-7-14-8-10/h1-4,10,14H,5-8H2. The highest BCUT2D eigenvalue weighted by Gasteiger charge is 2.19. The number of benzene rings is 1. The maximum absolute atomic E-state index is 11.6. The Morgan fingerprint density at radius 2 is 2.00 bits per heavy atom. The first-order valence-corrected chi connectivity index (χ1v) is 5.58. The minimum absolute atomic E-state index is 0.323. The first-order chi connectivity index (χ1) is 7.24. The Hall–Kier alpha value is -0.860. The number of nitrogens with one attached hydrogen (secondary N) is 1. The number of carbonyl (C=O) groups excluding carboxylic acids is 1. The first-order valence-electron chi connectivity index (χ1n) is 5.21. The van der Waals surface area contributed by atoms with Crippen molar-refractivity contribution in [1.82, 2.24) is 5.32 Å². The Balaban J connectivity index is 1.84. The van der Waals surface area contributed by atoms with Gasteiger partial charge in [-0.3, -0.25) is 4.79 Å². The molecule has 15 heavy (non-hydrogen) atoms. The summed E-state index contributed by atoms with van der Waals surface area (Å²) in [6, 6.07) is 7.49. The first kappa shape index (κ1) is 10.7. The number of carbonyl (C=O) groups is 1. The van der Waals surface area contributed by atoms with Crippen LogP contribution in [0, 0.1) is 5.92 Å². The minimum Gasteiger partial charge on any atom is -0.316 e. The van der Waals surface area contributed by atoms with E-state index in [9.17, 15) is 4.79 Å². The summed E-state index contributed by atoms with van der Waals surface area (Å²) >= 11 is 5.77. The van der Waals surface area contributed by atoms with E-state index in [1.165, 1.54) is 0 Å². The maximum atomic E-state index is 11.6. The van der Waals surface area contributed by atoms with E-state index in [2.05, 4.69) is 5.32 Å². The highest BCUT2D eigenvalue weighted by atomic mass is 35.5. The second kappa shape index (κ2) is 4.77. The second-order valence-corrected chi connectivity index (χ2v) is 4.51. The van der Waals surface area contributed by atoms with Crippen LogP contribution in [0.5, 0.6) is 0 Å². The molecule has 2 rings (SSSR count). The Kier molecular flexibility index (Phi) is 3.39. The van der Waals surface area contributed by atoms with E-state index >= 15 is 0 Å². The van der Waals surface area contributed by atoms with Gasteiger partial charge < -0.3 is 5.32 Å². The third-order valence-corrected chi connectivity index (χ3v) is 2.95. The Morgan fingerprint density at radius 1 is 1.33 bits per heavy atom. The van der Waals surface area contributed by atoms with Crippen LogP contribution in [0.25, 0.3) is 0 Å². The van der Waals surface area contributed by atoms with Crippen LogP contribution in [0.3, 0.4) is 0 Å². The average Bonchev–Trinajstić information content (AvgIpc) is 2.16. The Morgan fingerprint density at radius 3 is 2.53 bits per heavy atom.